The molecule has 0 radical (unpaired) electrons. The Morgan fingerprint density at radius 1 is 1.23 bits per heavy atom. The van der Waals surface area contributed by atoms with Crippen LogP contribution < -0.4 is 11.1 Å². The molecule has 0 spiro atoms. The zero-order chi connectivity index (χ0) is 15.9. The van der Waals surface area contributed by atoms with E-state index in [4.69, 9.17) is 10.5 Å². The monoisotopic (exact) mass is 311 g/mol. The molecule has 2 rings (SSSR count). The molecular formula is C16H29N3O3. The lowest BCUT2D eigenvalue weighted by atomic mass is 9.90. The minimum atomic E-state index is -0.365. The van der Waals surface area contributed by atoms with E-state index in [1.54, 1.807) is 4.90 Å². The number of piperidine rings is 1. The number of rotatable bonds is 6. The van der Waals surface area contributed by atoms with Crippen LogP contribution in [0.2, 0.25) is 0 Å². The second kappa shape index (κ2) is 8.36. The summed E-state index contributed by atoms with van der Waals surface area (Å²) in [4.78, 5) is 24.5. The molecule has 22 heavy (non-hydrogen) atoms. The lowest BCUT2D eigenvalue weighted by Gasteiger charge is -2.37. The molecule has 0 aromatic heterocycles. The first-order valence-corrected chi connectivity index (χ1v) is 8.43. The van der Waals surface area contributed by atoms with Gasteiger partial charge >= 0.3 is 12.0 Å². The Bertz CT molecular complexity index is 383. The van der Waals surface area contributed by atoms with Crippen LogP contribution >= 0.6 is 0 Å². The minimum absolute atomic E-state index is 0.188. The molecule has 6 heteroatoms. The number of nitrogens with two attached hydrogens (primary N) is 1. The fourth-order valence-corrected chi connectivity index (χ4v) is 3.71. The number of likely N-dealkylation sites (tertiary alicyclic amines) is 1. The number of nitrogens with one attached hydrogen (secondary N) is 1. The van der Waals surface area contributed by atoms with Gasteiger partial charge in [-0.1, -0.05) is 12.8 Å². The average molecular weight is 311 g/mol. The zero-order valence-electron chi connectivity index (χ0n) is 13.6. The second-order valence-corrected chi connectivity index (χ2v) is 6.72. The largest absolute Gasteiger partial charge is 0.469 e. The Kier molecular flexibility index (Phi) is 6.49. The van der Waals surface area contributed by atoms with Gasteiger partial charge in [-0.05, 0) is 44.1 Å². The molecule has 1 aliphatic heterocycles. The summed E-state index contributed by atoms with van der Waals surface area (Å²) in [7, 11) is 1.41. The summed E-state index contributed by atoms with van der Waals surface area (Å²) >= 11 is 0. The van der Waals surface area contributed by atoms with E-state index in [1.165, 1.54) is 32.8 Å². The van der Waals surface area contributed by atoms with E-state index in [-0.39, 0.29) is 18.0 Å². The predicted octanol–water partition coefficient (Wildman–Crippen LogP) is 1.49. The smallest absolute Gasteiger partial charge is 0.314 e. The summed E-state index contributed by atoms with van der Waals surface area (Å²) in [5.74, 6) is 0.894. The highest BCUT2D eigenvalue weighted by Crippen LogP contribution is 2.25. The molecule has 0 aromatic rings. The van der Waals surface area contributed by atoms with Gasteiger partial charge < -0.3 is 20.7 Å². The maximum absolute atomic E-state index is 11.5. The van der Waals surface area contributed by atoms with Gasteiger partial charge in [-0.15, -0.1) is 0 Å². The van der Waals surface area contributed by atoms with Crippen molar-refractivity contribution in [2.75, 3.05) is 26.7 Å². The summed E-state index contributed by atoms with van der Waals surface area (Å²) in [5, 5.41) is 3.61. The van der Waals surface area contributed by atoms with Crippen LogP contribution in [0, 0.1) is 11.8 Å². The number of amides is 2. The SMILES string of the molecule is COC(=O)CCC1CC(NCC2CCCC2)CN(C(N)=O)C1. The number of methoxy groups -OCH3 is 1. The van der Waals surface area contributed by atoms with E-state index in [1.807, 2.05) is 0 Å². The molecule has 2 atom stereocenters. The molecule has 0 aromatic carbocycles. The van der Waals surface area contributed by atoms with Crippen LogP contribution in [0.15, 0.2) is 0 Å². The summed E-state index contributed by atoms with van der Waals surface area (Å²) in [6, 6.07) is -0.0834. The number of hydrogen-bond acceptors (Lipinski definition) is 4. The topological polar surface area (TPSA) is 84.7 Å². The normalized spacial score (nSPS) is 26.1. The fourth-order valence-electron chi connectivity index (χ4n) is 3.71. The first kappa shape index (κ1) is 17.1. The van der Waals surface area contributed by atoms with Crippen molar-refractivity contribution in [3.05, 3.63) is 0 Å². The van der Waals surface area contributed by atoms with Crippen molar-refractivity contribution in [3.8, 4) is 0 Å². The molecule has 2 unspecified atom stereocenters. The fraction of sp³-hybridized carbons (Fsp3) is 0.875. The first-order chi connectivity index (χ1) is 10.6. The third kappa shape index (κ3) is 5.16. The van der Waals surface area contributed by atoms with Gasteiger partial charge in [-0.25, -0.2) is 4.79 Å². The Balaban J connectivity index is 1.82. The van der Waals surface area contributed by atoms with Gasteiger partial charge in [0.25, 0.3) is 0 Å². The van der Waals surface area contributed by atoms with Crippen LogP contribution in [-0.4, -0.2) is 49.7 Å². The van der Waals surface area contributed by atoms with Gasteiger partial charge in [0.1, 0.15) is 0 Å². The van der Waals surface area contributed by atoms with Crippen molar-refractivity contribution in [2.45, 2.75) is 51.0 Å². The Labute approximate surface area is 132 Å². The molecule has 3 N–H and O–H groups in total. The van der Waals surface area contributed by atoms with Crippen LogP contribution in [-0.2, 0) is 9.53 Å². The van der Waals surface area contributed by atoms with Gasteiger partial charge in [-0.2, -0.15) is 0 Å². The Morgan fingerprint density at radius 3 is 2.59 bits per heavy atom. The van der Waals surface area contributed by atoms with E-state index < -0.39 is 0 Å². The van der Waals surface area contributed by atoms with Gasteiger partial charge in [0.2, 0.25) is 0 Å². The van der Waals surface area contributed by atoms with Gasteiger partial charge in [0.15, 0.2) is 0 Å². The molecule has 1 aliphatic carbocycles. The number of ether oxygens (including phenoxy) is 1. The van der Waals surface area contributed by atoms with Crippen LogP contribution in [0.3, 0.4) is 0 Å². The Morgan fingerprint density at radius 2 is 1.95 bits per heavy atom. The molecule has 1 saturated carbocycles. The molecule has 0 bridgehead atoms. The van der Waals surface area contributed by atoms with Gasteiger partial charge in [0, 0.05) is 25.6 Å². The molecule has 6 nitrogen and oxygen atoms in total. The number of hydrogen-bond donors (Lipinski definition) is 2. The lowest BCUT2D eigenvalue weighted by molar-refractivity contribution is -0.141. The quantitative estimate of drug-likeness (QED) is 0.728. The number of nitrogens with zero attached hydrogens (tertiary/aromatic N) is 1. The van der Waals surface area contributed by atoms with Crippen molar-refractivity contribution < 1.29 is 14.3 Å². The molecule has 1 heterocycles. The molecule has 2 aliphatic rings. The standard InChI is InChI=1S/C16H29N3O3/c1-22-15(20)7-6-13-8-14(11-19(10-13)16(17)21)18-9-12-4-2-3-5-12/h12-14,18H,2-11H2,1H3,(H2,17,21). The van der Waals surface area contributed by atoms with Gasteiger partial charge in [-0.3, -0.25) is 4.79 Å². The van der Waals surface area contributed by atoms with E-state index in [0.717, 1.165) is 25.3 Å². The van der Waals surface area contributed by atoms with Crippen molar-refractivity contribution in [1.82, 2.24) is 10.2 Å². The van der Waals surface area contributed by atoms with E-state index in [0.29, 0.717) is 25.4 Å². The van der Waals surface area contributed by atoms with E-state index in [2.05, 4.69) is 5.32 Å². The van der Waals surface area contributed by atoms with Crippen molar-refractivity contribution in [3.63, 3.8) is 0 Å². The third-order valence-electron chi connectivity index (χ3n) is 5.00. The minimum Gasteiger partial charge on any atom is -0.469 e. The molecule has 2 amide bonds. The molecule has 2 fully saturated rings. The van der Waals surface area contributed by atoms with Crippen LogP contribution in [0.1, 0.15) is 44.9 Å². The maximum atomic E-state index is 11.5. The number of esters is 1. The summed E-state index contributed by atoms with van der Waals surface area (Å²) < 4.78 is 4.70. The maximum Gasteiger partial charge on any atom is 0.314 e. The number of carbonyl (C=O) groups is 2. The molecule has 126 valence electrons. The summed E-state index contributed by atoms with van der Waals surface area (Å²) in [6.45, 7) is 2.35. The lowest BCUT2D eigenvalue weighted by Crippen LogP contribution is -2.53. The van der Waals surface area contributed by atoms with Crippen LogP contribution in [0.25, 0.3) is 0 Å². The molecule has 1 saturated heterocycles. The highest BCUT2D eigenvalue weighted by molar-refractivity contribution is 5.72. The zero-order valence-corrected chi connectivity index (χ0v) is 13.6. The van der Waals surface area contributed by atoms with E-state index in [9.17, 15) is 9.59 Å². The summed E-state index contributed by atoms with van der Waals surface area (Å²) in [6.07, 6.45) is 7.45. The third-order valence-corrected chi connectivity index (χ3v) is 5.00. The number of urea groups is 1. The van der Waals surface area contributed by atoms with Crippen molar-refractivity contribution >= 4 is 12.0 Å². The van der Waals surface area contributed by atoms with Crippen molar-refractivity contribution in [1.29, 1.82) is 0 Å². The highest BCUT2D eigenvalue weighted by atomic mass is 16.5. The predicted molar refractivity (Wildman–Crippen MR) is 84.3 cm³/mol. The van der Waals surface area contributed by atoms with Crippen LogP contribution in [0.4, 0.5) is 4.79 Å². The molecular weight excluding hydrogens is 282 g/mol. The average Bonchev–Trinajstić information content (AvgIpc) is 3.03. The van der Waals surface area contributed by atoms with Crippen LogP contribution in [0.5, 0.6) is 0 Å². The first-order valence-electron chi connectivity index (χ1n) is 8.43. The van der Waals surface area contributed by atoms with Crippen molar-refractivity contribution in [2.24, 2.45) is 17.6 Å². The number of primary amides is 1. The number of carbonyl (C=O) groups excluding carboxylic acids is 2. The second-order valence-electron chi connectivity index (χ2n) is 6.72. The van der Waals surface area contributed by atoms with E-state index >= 15 is 0 Å². The summed E-state index contributed by atoms with van der Waals surface area (Å²) in [5.41, 5.74) is 5.46. The van der Waals surface area contributed by atoms with Gasteiger partial charge in [0.05, 0.1) is 7.11 Å². The highest BCUT2D eigenvalue weighted by Gasteiger charge is 2.29. The Hall–Kier alpha value is -1.30.